The van der Waals surface area contributed by atoms with Gasteiger partial charge < -0.3 is 37.9 Å². The van der Waals surface area contributed by atoms with Crippen LogP contribution in [0.4, 0.5) is 17.6 Å². The second kappa shape index (κ2) is 11.4. The fourth-order valence-electron chi connectivity index (χ4n) is 5.57. The minimum absolute atomic E-state index is 0.289. The summed E-state index contributed by atoms with van der Waals surface area (Å²) in [6.45, 7) is -6.08. The standard InChI is InChI=1S/C22H19BF4N6O10P2S/c23-44(36)38-3-9-16(14(27)22(40-9)33-2-8(25)12-18(33)29-6-31-20(12)35)43-45(37,46)39-4-10-15(42-44)13(26)21(41-10)32-1-7(24)11-17(32)28-5-30-19(11)34/h1-2,5-6,9-10,13-16,21-22H,3-4H2,(H,37,46)(H,28,30,34)(H,29,31,35)/t9-,10-,13?,14?,15?,16?,21-,22-,44?,45?/m1/s1. The Morgan fingerprint density at radius 1 is 0.870 bits per heavy atom. The van der Waals surface area contributed by atoms with Gasteiger partial charge in [-0.1, -0.05) is 0 Å². The van der Waals surface area contributed by atoms with E-state index in [1.807, 2.05) is 0 Å². The summed E-state index contributed by atoms with van der Waals surface area (Å²) in [6, 6.07) is 0. The van der Waals surface area contributed by atoms with Crippen molar-refractivity contribution in [2.24, 2.45) is 0 Å². The van der Waals surface area contributed by atoms with E-state index >= 15 is 8.78 Å². The smallest absolute Gasteiger partial charge is 0.325 e. The van der Waals surface area contributed by atoms with E-state index in [2.05, 4.69) is 19.9 Å². The number of H-pyrrole nitrogens is 2. The molecule has 3 saturated heterocycles. The van der Waals surface area contributed by atoms with Gasteiger partial charge in [-0.3, -0.25) is 27.8 Å². The molecule has 0 aromatic carbocycles. The van der Waals surface area contributed by atoms with Gasteiger partial charge in [0, 0.05) is 12.4 Å². The third-order valence-electron chi connectivity index (χ3n) is 7.56. The predicted molar refractivity (Wildman–Crippen MR) is 150 cm³/mol. The van der Waals surface area contributed by atoms with Gasteiger partial charge in [-0.2, -0.15) is 0 Å². The number of hydrogen-bond acceptors (Lipinski definition) is 12. The van der Waals surface area contributed by atoms with E-state index in [1.165, 1.54) is 0 Å². The van der Waals surface area contributed by atoms with Crippen LogP contribution in [0, 0.1) is 11.6 Å². The summed E-state index contributed by atoms with van der Waals surface area (Å²) in [5, 5.41) is -0.974. The van der Waals surface area contributed by atoms with E-state index in [4.69, 9.17) is 46.9 Å². The lowest BCUT2D eigenvalue weighted by Gasteiger charge is -2.29. The highest BCUT2D eigenvalue weighted by molar-refractivity contribution is 8.07. The number of ether oxygens (including phenoxy) is 2. The molecular formula is C22H19BF4N6O10P2S. The van der Waals surface area contributed by atoms with Crippen LogP contribution in [0.2, 0.25) is 0 Å². The van der Waals surface area contributed by atoms with Crippen molar-refractivity contribution in [3.05, 3.63) is 57.4 Å². The van der Waals surface area contributed by atoms with Gasteiger partial charge >= 0.3 is 6.72 Å². The van der Waals surface area contributed by atoms with E-state index in [0.717, 1.165) is 34.2 Å². The average Bonchev–Trinajstić information content (AvgIpc) is 3.69. The first-order valence-electron chi connectivity index (χ1n) is 13.2. The molecule has 4 aromatic heterocycles. The normalized spacial score (nSPS) is 37.2. The van der Waals surface area contributed by atoms with E-state index < -0.39 is 110 Å². The minimum atomic E-state index is -4.74. The van der Waals surface area contributed by atoms with Crippen LogP contribution in [-0.2, 0) is 43.9 Å². The Morgan fingerprint density at radius 2 is 1.33 bits per heavy atom. The number of fused-ring (bicyclic) bond motifs is 4. The van der Waals surface area contributed by atoms with Gasteiger partial charge in [-0.25, -0.2) is 27.5 Å². The Labute approximate surface area is 259 Å². The highest BCUT2D eigenvalue weighted by Gasteiger charge is 2.53. The minimum Gasteiger partial charge on any atom is -0.346 e. The third-order valence-corrected chi connectivity index (χ3v) is 10.2. The van der Waals surface area contributed by atoms with Crippen LogP contribution in [0.25, 0.3) is 22.1 Å². The number of rotatable bonds is 2. The van der Waals surface area contributed by atoms with Crippen LogP contribution >= 0.6 is 14.2 Å². The lowest BCUT2D eigenvalue weighted by Crippen LogP contribution is -2.37. The van der Waals surface area contributed by atoms with Crippen LogP contribution in [-0.4, -0.2) is 91.5 Å². The van der Waals surface area contributed by atoms with Crippen molar-refractivity contribution in [3.8, 4) is 0 Å². The predicted octanol–water partition coefficient (Wildman–Crippen LogP) is 1.52. The summed E-state index contributed by atoms with van der Waals surface area (Å²) in [5.41, 5.74) is -2.27. The Morgan fingerprint density at radius 3 is 1.83 bits per heavy atom. The fourth-order valence-corrected chi connectivity index (χ4v) is 8.02. The average molecular weight is 708 g/mol. The van der Waals surface area contributed by atoms with Crippen molar-refractivity contribution >= 4 is 55.6 Å². The quantitative estimate of drug-likeness (QED) is 0.154. The lowest BCUT2D eigenvalue weighted by molar-refractivity contribution is -0.0565. The summed E-state index contributed by atoms with van der Waals surface area (Å²) >= 11 is 5.06. The van der Waals surface area contributed by atoms with Gasteiger partial charge in [0.1, 0.15) is 35.2 Å². The molecule has 46 heavy (non-hydrogen) atoms. The molecule has 7 heterocycles. The molecule has 3 fully saturated rings. The van der Waals surface area contributed by atoms with Gasteiger partial charge in [-0.05, 0) is 11.8 Å². The molecule has 244 valence electrons. The van der Waals surface area contributed by atoms with Crippen molar-refractivity contribution in [2.45, 2.75) is 49.2 Å². The Balaban J connectivity index is 1.18. The third kappa shape index (κ3) is 5.39. The zero-order valence-corrected chi connectivity index (χ0v) is 25.2. The van der Waals surface area contributed by atoms with Crippen LogP contribution in [0.15, 0.2) is 34.6 Å². The maximum absolute atomic E-state index is 15.9. The first-order valence-corrected chi connectivity index (χ1v) is 17.4. The largest absolute Gasteiger partial charge is 0.346 e. The molecule has 10 atom stereocenters. The van der Waals surface area contributed by atoms with Crippen molar-refractivity contribution < 1.29 is 54.6 Å². The highest BCUT2D eigenvalue weighted by atomic mass is 32.5. The molecule has 3 aliphatic heterocycles. The molecule has 2 radical (unpaired) electrons. The molecule has 0 bridgehead atoms. The molecule has 6 unspecified atom stereocenters. The van der Waals surface area contributed by atoms with Crippen LogP contribution in [0.1, 0.15) is 12.5 Å². The van der Waals surface area contributed by atoms with E-state index in [-0.39, 0.29) is 11.3 Å². The summed E-state index contributed by atoms with van der Waals surface area (Å²) in [4.78, 5) is 47.2. The number of halogens is 4. The molecule has 0 amide bonds. The van der Waals surface area contributed by atoms with Crippen molar-refractivity contribution in [1.82, 2.24) is 29.1 Å². The maximum Gasteiger partial charge on any atom is 0.325 e. The Bertz CT molecular complexity index is 1920. The lowest BCUT2D eigenvalue weighted by atomic mass is 10.1. The summed E-state index contributed by atoms with van der Waals surface area (Å²) in [5.74, 6) is -2.08. The molecule has 0 saturated carbocycles. The second-order valence-corrected chi connectivity index (χ2v) is 14.7. The summed E-state index contributed by atoms with van der Waals surface area (Å²) in [7, 11) is 1.01. The number of aromatic amines is 2. The van der Waals surface area contributed by atoms with Crippen molar-refractivity contribution in [3.63, 3.8) is 0 Å². The number of nitrogens with one attached hydrogen (secondary N) is 2. The second-order valence-electron chi connectivity index (χ2n) is 10.4. The van der Waals surface area contributed by atoms with Gasteiger partial charge in [0.25, 0.3) is 18.6 Å². The SMILES string of the molecule is [B]P1(=O)OC[C@H]2O[C@@H](n3cc(F)c4c(=O)[nH]cnc43)C(F)C2OP(O)(=S)OC[C@H]2O[C@@H](n3cc(F)c4c(=O)[nH]cnc43)C(F)C2O1. The van der Waals surface area contributed by atoms with Gasteiger partial charge in [0.15, 0.2) is 47.7 Å². The summed E-state index contributed by atoms with van der Waals surface area (Å²) < 4.78 is 109. The van der Waals surface area contributed by atoms with Crippen LogP contribution in [0.3, 0.4) is 0 Å². The Hall–Kier alpha value is -2.78. The molecule has 7 rings (SSSR count). The topological polar surface area (TPSA) is 194 Å². The molecular weight excluding hydrogens is 689 g/mol. The number of nitrogens with zero attached hydrogens (tertiary/aromatic N) is 4. The van der Waals surface area contributed by atoms with E-state index in [9.17, 15) is 27.8 Å². The van der Waals surface area contributed by atoms with Gasteiger partial charge in [-0.15, -0.1) is 0 Å². The zero-order valence-electron chi connectivity index (χ0n) is 22.6. The summed E-state index contributed by atoms with van der Waals surface area (Å²) in [6.07, 6.45) is -11.3. The van der Waals surface area contributed by atoms with Crippen molar-refractivity contribution in [1.29, 1.82) is 0 Å². The molecule has 3 aliphatic rings. The molecule has 0 spiro atoms. The van der Waals surface area contributed by atoms with Crippen molar-refractivity contribution in [2.75, 3.05) is 13.2 Å². The molecule has 3 N–H and O–H groups in total. The monoisotopic (exact) mass is 708 g/mol. The molecule has 16 nitrogen and oxygen atoms in total. The van der Waals surface area contributed by atoms with E-state index in [1.54, 1.807) is 0 Å². The zero-order chi connectivity index (χ0) is 32.7. The maximum atomic E-state index is 15.9. The number of hydrogen-bond donors (Lipinski definition) is 3. The molecule has 4 aromatic rings. The fraction of sp³-hybridized carbons (Fsp3) is 0.455. The molecule has 0 aliphatic carbocycles. The van der Waals surface area contributed by atoms with Gasteiger partial charge in [0.2, 0.25) is 7.57 Å². The van der Waals surface area contributed by atoms with E-state index in [0.29, 0.717) is 0 Å². The van der Waals surface area contributed by atoms with Gasteiger partial charge in [0.05, 0.1) is 25.9 Å². The number of alkyl halides is 2. The molecule has 24 heteroatoms. The highest BCUT2D eigenvalue weighted by Crippen LogP contribution is 2.54. The first kappa shape index (κ1) is 31.8. The number of aromatic nitrogens is 6. The first-order chi connectivity index (χ1) is 21.7. The van der Waals surface area contributed by atoms with Crippen LogP contribution in [0.5, 0.6) is 0 Å². The van der Waals surface area contributed by atoms with Crippen LogP contribution < -0.4 is 11.1 Å². The Kier molecular flexibility index (Phi) is 7.91.